The maximum absolute atomic E-state index is 12.9. The van der Waals surface area contributed by atoms with E-state index in [4.69, 9.17) is 0 Å². The summed E-state index contributed by atoms with van der Waals surface area (Å²) in [5.41, 5.74) is 0.869. The Balaban J connectivity index is 2.76. The van der Waals surface area contributed by atoms with E-state index < -0.39 is 11.6 Å². The van der Waals surface area contributed by atoms with E-state index in [1.165, 1.54) is 12.1 Å². The third-order valence-electron chi connectivity index (χ3n) is 2.32. The molecule has 0 unspecified atom stereocenters. The summed E-state index contributed by atoms with van der Waals surface area (Å²) in [6.45, 7) is 5.02. The van der Waals surface area contributed by atoms with Crippen molar-refractivity contribution in [1.29, 1.82) is 0 Å². The second kappa shape index (κ2) is 4.71. The summed E-state index contributed by atoms with van der Waals surface area (Å²) in [6.07, 6.45) is 0.727. The monoisotopic (exact) mass is 213 g/mol. The molecule has 1 aromatic rings. The van der Waals surface area contributed by atoms with Gasteiger partial charge in [-0.3, -0.25) is 0 Å². The molecule has 0 heterocycles. The summed E-state index contributed by atoms with van der Waals surface area (Å²) in [4.78, 5) is 0. The minimum Gasteiger partial charge on any atom is -0.319 e. The van der Waals surface area contributed by atoms with Crippen LogP contribution >= 0.6 is 0 Å². The molecule has 0 aromatic heterocycles. The third kappa shape index (κ3) is 3.59. The Labute approximate surface area is 89.5 Å². The van der Waals surface area contributed by atoms with Crippen LogP contribution in [0.3, 0.4) is 0 Å². The number of rotatable bonds is 4. The van der Waals surface area contributed by atoms with E-state index in [9.17, 15) is 8.78 Å². The molecule has 1 aromatic carbocycles. The first kappa shape index (κ1) is 12.1. The van der Waals surface area contributed by atoms with Crippen molar-refractivity contribution in [2.75, 3.05) is 13.6 Å². The van der Waals surface area contributed by atoms with Gasteiger partial charge < -0.3 is 5.32 Å². The number of benzene rings is 1. The van der Waals surface area contributed by atoms with Crippen LogP contribution in [0, 0.1) is 17.0 Å². The molecule has 1 nitrogen and oxygen atoms in total. The Morgan fingerprint density at radius 2 is 1.87 bits per heavy atom. The summed E-state index contributed by atoms with van der Waals surface area (Å²) in [6, 6.07) is 4.09. The van der Waals surface area contributed by atoms with Crippen molar-refractivity contribution in [2.24, 2.45) is 5.41 Å². The molecule has 3 heteroatoms. The molecule has 0 amide bonds. The van der Waals surface area contributed by atoms with Gasteiger partial charge in [0.05, 0.1) is 0 Å². The fourth-order valence-electron chi connectivity index (χ4n) is 1.74. The van der Waals surface area contributed by atoms with Gasteiger partial charge in [-0.05, 0) is 36.6 Å². The van der Waals surface area contributed by atoms with Gasteiger partial charge in [0.15, 0.2) is 11.6 Å². The predicted molar refractivity (Wildman–Crippen MR) is 57.8 cm³/mol. The maximum atomic E-state index is 12.9. The summed E-state index contributed by atoms with van der Waals surface area (Å²) >= 11 is 0. The highest BCUT2D eigenvalue weighted by molar-refractivity contribution is 5.19. The zero-order chi connectivity index (χ0) is 11.5. The molecule has 0 aliphatic rings. The molecule has 0 spiro atoms. The lowest BCUT2D eigenvalue weighted by Gasteiger charge is -2.24. The van der Waals surface area contributed by atoms with Crippen molar-refractivity contribution in [2.45, 2.75) is 20.3 Å². The zero-order valence-corrected chi connectivity index (χ0v) is 9.40. The van der Waals surface area contributed by atoms with Crippen LogP contribution in [0.4, 0.5) is 8.78 Å². The van der Waals surface area contributed by atoms with Crippen molar-refractivity contribution >= 4 is 0 Å². The Morgan fingerprint density at radius 1 is 1.20 bits per heavy atom. The number of hydrogen-bond donors (Lipinski definition) is 1. The molecular formula is C12H17F2N. The summed E-state index contributed by atoms with van der Waals surface area (Å²) in [5.74, 6) is -1.56. The molecule has 84 valence electrons. The van der Waals surface area contributed by atoms with E-state index in [-0.39, 0.29) is 5.41 Å². The Hall–Kier alpha value is -0.960. The van der Waals surface area contributed by atoms with Gasteiger partial charge in [-0.25, -0.2) is 8.78 Å². The van der Waals surface area contributed by atoms with Gasteiger partial charge in [0.25, 0.3) is 0 Å². The van der Waals surface area contributed by atoms with Crippen LogP contribution in [0.25, 0.3) is 0 Å². The van der Waals surface area contributed by atoms with Gasteiger partial charge in [0.1, 0.15) is 0 Å². The Kier molecular flexibility index (Phi) is 3.80. The SMILES string of the molecule is CNCC(C)(C)Cc1ccc(F)c(F)c1. The first-order valence-electron chi connectivity index (χ1n) is 5.03. The molecule has 1 rings (SSSR count). The quantitative estimate of drug-likeness (QED) is 0.811. The van der Waals surface area contributed by atoms with E-state index in [0.29, 0.717) is 0 Å². The van der Waals surface area contributed by atoms with Gasteiger partial charge in [-0.1, -0.05) is 19.9 Å². The molecule has 0 bridgehead atoms. The average molecular weight is 213 g/mol. The van der Waals surface area contributed by atoms with Crippen LogP contribution in [0.15, 0.2) is 18.2 Å². The van der Waals surface area contributed by atoms with Gasteiger partial charge in [0.2, 0.25) is 0 Å². The van der Waals surface area contributed by atoms with Crippen LogP contribution in [0.1, 0.15) is 19.4 Å². The van der Waals surface area contributed by atoms with Crippen molar-refractivity contribution in [1.82, 2.24) is 5.32 Å². The van der Waals surface area contributed by atoms with Crippen molar-refractivity contribution < 1.29 is 8.78 Å². The van der Waals surface area contributed by atoms with Gasteiger partial charge >= 0.3 is 0 Å². The van der Waals surface area contributed by atoms with Crippen LogP contribution in [-0.4, -0.2) is 13.6 Å². The van der Waals surface area contributed by atoms with Gasteiger partial charge in [-0.15, -0.1) is 0 Å². The topological polar surface area (TPSA) is 12.0 Å². The number of nitrogens with one attached hydrogen (secondary N) is 1. The molecule has 0 fully saturated rings. The molecule has 0 atom stereocenters. The summed E-state index contributed by atoms with van der Waals surface area (Å²) in [7, 11) is 1.88. The molecule has 0 radical (unpaired) electrons. The minimum absolute atomic E-state index is 0.0407. The third-order valence-corrected chi connectivity index (χ3v) is 2.32. The highest BCUT2D eigenvalue weighted by atomic mass is 19.2. The fraction of sp³-hybridized carbons (Fsp3) is 0.500. The predicted octanol–water partition coefficient (Wildman–Crippen LogP) is 2.75. The number of halogens is 2. The van der Waals surface area contributed by atoms with Gasteiger partial charge in [0, 0.05) is 6.54 Å². The van der Waals surface area contributed by atoms with Crippen molar-refractivity contribution in [3.05, 3.63) is 35.4 Å². The van der Waals surface area contributed by atoms with Crippen LogP contribution in [0.5, 0.6) is 0 Å². The molecule has 15 heavy (non-hydrogen) atoms. The van der Waals surface area contributed by atoms with Crippen LogP contribution in [-0.2, 0) is 6.42 Å². The highest BCUT2D eigenvalue weighted by Gasteiger charge is 2.18. The summed E-state index contributed by atoms with van der Waals surface area (Å²) in [5, 5.41) is 3.09. The van der Waals surface area contributed by atoms with E-state index in [2.05, 4.69) is 19.2 Å². The molecule has 0 saturated heterocycles. The molecule has 1 N–H and O–H groups in total. The second-order valence-corrected chi connectivity index (χ2v) is 4.62. The molecular weight excluding hydrogens is 196 g/mol. The standard InChI is InChI=1S/C12H17F2N/c1-12(2,8-15-3)7-9-4-5-10(13)11(14)6-9/h4-6,15H,7-8H2,1-3H3. The zero-order valence-electron chi connectivity index (χ0n) is 9.40. The van der Waals surface area contributed by atoms with E-state index >= 15 is 0 Å². The van der Waals surface area contributed by atoms with E-state index in [1.54, 1.807) is 6.07 Å². The van der Waals surface area contributed by atoms with Gasteiger partial charge in [-0.2, -0.15) is 0 Å². The molecule has 0 aliphatic heterocycles. The fourth-order valence-corrected chi connectivity index (χ4v) is 1.74. The average Bonchev–Trinajstić information content (AvgIpc) is 2.10. The van der Waals surface area contributed by atoms with Crippen molar-refractivity contribution in [3.8, 4) is 0 Å². The molecule has 0 saturated carbocycles. The minimum atomic E-state index is -0.787. The van der Waals surface area contributed by atoms with E-state index in [1.807, 2.05) is 7.05 Å². The number of hydrogen-bond acceptors (Lipinski definition) is 1. The smallest absolute Gasteiger partial charge is 0.159 e. The lowest BCUT2D eigenvalue weighted by atomic mass is 9.86. The summed E-state index contributed by atoms with van der Waals surface area (Å²) < 4.78 is 25.6. The van der Waals surface area contributed by atoms with E-state index in [0.717, 1.165) is 18.5 Å². The molecule has 0 aliphatic carbocycles. The van der Waals surface area contributed by atoms with Crippen LogP contribution in [0.2, 0.25) is 0 Å². The Bertz CT molecular complexity index is 334. The first-order valence-corrected chi connectivity index (χ1v) is 5.03. The van der Waals surface area contributed by atoms with Crippen molar-refractivity contribution in [3.63, 3.8) is 0 Å². The largest absolute Gasteiger partial charge is 0.319 e. The second-order valence-electron chi connectivity index (χ2n) is 4.62. The van der Waals surface area contributed by atoms with Crippen LogP contribution < -0.4 is 5.32 Å². The Morgan fingerprint density at radius 3 is 2.40 bits per heavy atom. The normalized spacial score (nSPS) is 11.8. The lowest BCUT2D eigenvalue weighted by molar-refractivity contribution is 0.349. The highest BCUT2D eigenvalue weighted by Crippen LogP contribution is 2.21. The maximum Gasteiger partial charge on any atom is 0.159 e. The lowest BCUT2D eigenvalue weighted by Crippen LogP contribution is -2.28. The first-order chi connectivity index (χ1) is 6.94.